The summed E-state index contributed by atoms with van der Waals surface area (Å²) >= 11 is 1.42. The van der Waals surface area contributed by atoms with Crippen LogP contribution in [0.1, 0.15) is 64.3 Å². The third-order valence-electron chi connectivity index (χ3n) is 7.12. The van der Waals surface area contributed by atoms with Crippen LogP contribution in [0.2, 0.25) is 0 Å². The number of halogens is 3. The van der Waals surface area contributed by atoms with Crippen LogP contribution in [0.25, 0.3) is 5.57 Å². The first-order valence-corrected chi connectivity index (χ1v) is 11.6. The van der Waals surface area contributed by atoms with Crippen LogP contribution >= 0.6 is 11.3 Å². The second-order valence-electron chi connectivity index (χ2n) is 8.80. The number of ether oxygens (including phenoxy) is 1. The molecule has 1 saturated carbocycles. The van der Waals surface area contributed by atoms with Gasteiger partial charge in [-0.15, -0.1) is 11.3 Å². The van der Waals surface area contributed by atoms with Gasteiger partial charge in [0.2, 0.25) is 0 Å². The van der Waals surface area contributed by atoms with Crippen LogP contribution in [-0.2, 0) is 16.6 Å². The molecule has 0 amide bonds. The van der Waals surface area contributed by atoms with E-state index in [2.05, 4.69) is 4.98 Å². The van der Waals surface area contributed by atoms with Gasteiger partial charge in [0.25, 0.3) is 12.0 Å². The Morgan fingerprint density at radius 2 is 2.03 bits per heavy atom. The van der Waals surface area contributed by atoms with Gasteiger partial charge in [-0.1, -0.05) is 0 Å². The quantitative estimate of drug-likeness (QED) is 0.627. The minimum atomic E-state index is -3.23. The van der Waals surface area contributed by atoms with Crippen molar-refractivity contribution in [3.8, 4) is 0 Å². The lowest BCUT2D eigenvalue weighted by atomic mass is 9.67. The molecule has 2 heterocycles. The molecule has 2 aromatic heterocycles. The molecule has 3 unspecified atom stereocenters. The zero-order chi connectivity index (χ0) is 22.8. The van der Waals surface area contributed by atoms with Gasteiger partial charge in [0.1, 0.15) is 11.9 Å². The van der Waals surface area contributed by atoms with Crippen molar-refractivity contribution in [1.29, 1.82) is 0 Å². The summed E-state index contributed by atoms with van der Waals surface area (Å²) in [6, 6.07) is 1.90. The third kappa shape index (κ3) is 2.92. The SMILES string of the molecule is COC1c2[nH]c(=O)[nH]c(=O)c2C(C(F)F)=C(F)C1(c1cc2c(s1)CCCC2CN)C1CC1. The molecule has 172 valence electrons. The Morgan fingerprint density at radius 3 is 2.66 bits per heavy atom. The number of thiophene rings is 1. The zero-order valence-corrected chi connectivity index (χ0v) is 18.3. The van der Waals surface area contributed by atoms with Crippen molar-refractivity contribution >= 4 is 16.9 Å². The number of fused-ring (bicyclic) bond motifs is 2. The van der Waals surface area contributed by atoms with Gasteiger partial charge in [-0.3, -0.25) is 9.78 Å². The van der Waals surface area contributed by atoms with E-state index in [-0.39, 0.29) is 17.5 Å². The first-order chi connectivity index (χ1) is 15.3. The summed E-state index contributed by atoms with van der Waals surface area (Å²) in [6.07, 6.45) is -0.358. The van der Waals surface area contributed by atoms with Gasteiger partial charge in [0.05, 0.1) is 22.2 Å². The van der Waals surface area contributed by atoms with E-state index in [0.717, 1.165) is 29.7 Å². The first kappa shape index (κ1) is 21.7. The molecule has 6 nitrogen and oxygen atoms in total. The van der Waals surface area contributed by atoms with Gasteiger partial charge >= 0.3 is 5.69 Å². The predicted molar refractivity (Wildman–Crippen MR) is 115 cm³/mol. The van der Waals surface area contributed by atoms with Crippen molar-refractivity contribution < 1.29 is 17.9 Å². The molecule has 0 saturated heterocycles. The van der Waals surface area contributed by atoms with E-state index < -0.39 is 46.2 Å². The molecule has 4 N–H and O–H groups in total. The van der Waals surface area contributed by atoms with E-state index in [9.17, 15) is 18.4 Å². The number of hydrogen-bond donors (Lipinski definition) is 3. The van der Waals surface area contributed by atoms with Crippen LogP contribution in [-0.4, -0.2) is 30.0 Å². The van der Waals surface area contributed by atoms with Gasteiger partial charge < -0.3 is 15.5 Å². The number of aromatic nitrogens is 2. The number of nitrogens with two attached hydrogens (primary N) is 1. The topological polar surface area (TPSA) is 101 Å². The summed E-state index contributed by atoms with van der Waals surface area (Å²) in [4.78, 5) is 30.7. The molecule has 0 bridgehead atoms. The molecule has 32 heavy (non-hydrogen) atoms. The molecule has 0 aliphatic heterocycles. The lowest BCUT2D eigenvalue weighted by Gasteiger charge is -2.43. The van der Waals surface area contributed by atoms with Crippen molar-refractivity contribution in [2.75, 3.05) is 13.7 Å². The minimum Gasteiger partial charge on any atom is -0.374 e. The number of nitrogens with one attached hydrogen (secondary N) is 2. The Labute approximate surface area is 185 Å². The maximum Gasteiger partial charge on any atom is 0.326 e. The fourth-order valence-electron chi connectivity index (χ4n) is 5.62. The zero-order valence-electron chi connectivity index (χ0n) is 17.5. The number of hydrogen-bond acceptors (Lipinski definition) is 5. The third-order valence-corrected chi connectivity index (χ3v) is 8.48. The highest BCUT2D eigenvalue weighted by Crippen LogP contribution is 2.64. The average Bonchev–Trinajstić information content (AvgIpc) is 3.50. The Morgan fingerprint density at radius 1 is 1.28 bits per heavy atom. The molecule has 3 atom stereocenters. The van der Waals surface area contributed by atoms with E-state index >= 15 is 4.39 Å². The normalized spacial score (nSPS) is 27.6. The van der Waals surface area contributed by atoms with Crippen LogP contribution in [0.3, 0.4) is 0 Å². The molecule has 1 fully saturated rings. The van der Waals surface area contributed by atoms with E-state index in [4.69, 9.17) is 10.5 Å². The van der Waals surface area contributed by atoms with Crippen LogP contribution in [0.15, 0.2) is 21.5 Å². The van der Waals surface area contributed by atoms with Crippen LogP contribution in [0.4, 0.5) is 13.2 Å². The summed E-state index contributed by atoms with van der Waals surface area (Å²) in [6.45, 7) is 0.458. The average molecular weight is 468 g/mol. The second-order valence-corrected chi connectivity index (χ2v) is 9.94. The number of rotatable bonds is 5. The fourth-order valence-corrected chi connectivity index (χ4v) is 7.19. The summed E-state index contributed by atoms with van der Waals surface area (Å²) in [5, 5.41) is 0. The Balaban J connectivity index is 1.84. The first-order valence-electron chi connectivity index (χ1n) is 10.8. The monoisotopic (exact) mass is 467 g/mol. The second kappa shape index (κ2) is 7.71. The molecule has 3 aliphatic carbocycles. The molecule has 10 heteroatoms. The predicted octanol–water partition coefficient (Wildman–Crippen LogP) is 3.50. The molecule has 2 aromatic rings. The highest BCUT2D eigenvalue weighted by Gasteiger charge is 2.61. The number of methoxy groups -OCH3 is 1. The van der Waals surface area contributed by atoms with Crippen molar-refractivity contribution in [3.05, 3.63) is 59.3 Å². The summed E-state index contributed by atoms with van der Waals surface area (Å²) in [7, 11) is 1.35. The van der Waals surface area contributed by atoms with E-state index in [0.29, 0.717) is 24.3 Å². The van der Waals surface area contributed by atoms with E-state index in [1.165, 1.54) is 18.4 Å². The minimum absolute atomic E-state index is 0.0911. The largest absolute Gasteiger partial charge is 0.374 e. The smallest absolute Gasteiger partial charge is 0.326 e. The fraction of sp³-hybridized carbons (Fsp3) is 0.545. The number of aryl methyl sites for hydroxylation is 1. The van der Waals surface area contributed by atoms with Crippen molar-refractivity contribution in [1.82, 2.24) is 9.97 Å². The number of allylic oxidation sites excluding steroid dienone is 1. The highest BCUT2D eigenvalue weighted by atomic mass is 32.1. The summed E-state index contributed by atoms with van der Waals surface area (Å²) in [5.74, 6) is -1.18. The van der Waals surface area contributed by atoms with Gasteiger partial charge in [-0.05, 0) is 62.1 Å². The maximum absolute atomic E-state index is 16.4. The Hall–Kier alpha value is -2.17. The van der Waals surface area contributed by atoms with Crippen LogP contribution in [0.5, 0.6) is 0 Å². The van der Waals surface area contributed by atoms with Gasteiger partial charge in [-0.25, -0.2) is 18.0 Å². The highest BCUT2D eigenvalue weighted by molar-refractivity contribution is 7.12. The van der Waals surface area contributed by atoms with Gasteiger partial charge in [0.15, 0.2) is 0 Å². The van der Waals surface area contributed by atoms with Crippen LogP contribution in [0, 0.1) is 5.92 Å². The van der Waals surface area contributed by atoms with Crippen molar-refractivity contribution in [2.45, 2.75) is 56.0 Å². The summed E-state index contributed by atoms with van der Waals surface area (Å²) < 4.78 is 50.6. The Bertz CT molecular complexity index is 1210. The lowest BCUT2D eigenvalue weighted by Crippen LogP contribution is -2.45. The Kier molecular flexibility index (Phi) is 5.22. The molecular weight excluding hydrogens is 443 g/mol. The molecule has 0 aromatic carbocycles. The van der Waals surface area contributed by atoms with Gasteiger partial charge in [0, 0.05) is 16.9 Å². The maximum atomic E-state index is 16.4. The van der Waals surface area contributed by atoms with E-state index in [1.54, 1.807) is 0 Å². The molecule has 0 radical (unpaired) electrons. The van der Waals surface area contributed by atoms with Crippen LogP contribution < -0.4 is 17.0 Å². The summed E-state index contributed by atoms with van der Waals surface area (Å²) in [5.41, 5.74) is 2.01. The number of alkyl halides is 2. The number of H-pyrrole nitrogens is 2. The molecule has 5 rings (SSSR count). The van der Waals surface area contributed by atoms with Crippen molar-refractivity contribution in [3.63, 3.8) is 0 Å². The molecule has 0 spiro atoms. The number of aromatic amines is 2. The van der Waals surface area contributed by atoms with Crippen molar-refractivity contribution in [2.24, 2.45) is 11.7 Å². The van der Waals surface area contributed by atoms with E-state index in [1.807, 2.05) is 11.1 Å². The van der Waals surface area contributed by atoms with Gasteiger partial charge in [-0.2, -0.15) is 0 Å². The lowest BCUT2D eigenvalue weighted by molar-refractivity contribution is 0.0192. The molecular formula is C22H24F3N3O3S. The molecule has 3 aliphatic rings. The standard InChI is InChI=1S/C22H24F3N3O3S/c1-31-18-16-14(20(29)28-21(30)27-16)15(19(24)25)17(23)22(18,10-5-6-10)13-7-11-9(8-26)3-2-4-12(11)32-13/h7,9-10,18-19H,2-6,8,26H2,1H3,(H2,27,28,29,30).